The van der Waals surface area contributed by atoms with Crippen molar-refractivity contribution in [1.82, 2.24) is 4.98 Å². The first kappa shape index (κ1) is 23.4. The van der Waals surface area contributed by atoms with Gasteiger partial charge in [0.1, 0.15) is 0 Å². The second-order valence-corrected chi connectivity index (χ2v) is 3.51. The topological polar surface area (TPSA) is 163 Å². The van der Waals surface area contributed by atoms with Crippen LogP contribution in [0.5, 0.6) is 5.75 Å². The molecular weight excluding hydrogens is 355 g/mol. The molecule has 124 valence electrons. The summed E-state index contributed by atoms with van der Waals surface area (Å²) in [6.45, 7) is 0. The van der Waals surface area contributed by atoms with Gasteiger partial charge in [-0.25, -0.2) is 0 Å². The van der Waals surface area contributed by atoms with Crippen LogP contribution < -0.4 is 10.2 Å². The van der Waals surface area contributed by atoms with Crippen LogP contribution in [0.2, 0.25) is 0 Å². The molecule has 24 heavy (non-hydrogen) atoms. The third-order valence-electron chi connectivity index (χ3n) is 2.19. The number of aliphatic hydroxyl groups excluding tert-OH is 1. The first-order valence-electron chi connectivity index (χ1n) is 6.06. The van der Waals surface area contributed by atoms with Gasteiger partial charge >= 0.3 is 17.1 Å². The molecule has 0 aliphatic rings. The Morgan fingerprint density at radius 1 is 1.17 bits per heavy atom. The van der Waals surface area contributed by atoms with Gasteiger partial charge in [0.15, 0.2) is 0 Å². The van der Waals surface area contributed by atoms with Crippen molar-refractivity contribution in [2.45, 2.75) is 0 Å². The Morgan fingerprint density at radius 3 is 2.25 bits per heavy atom. The zero-order chi connectivity index (χ0) is 17.5. The van der Waals surface area contributed by atoms with Crippen LogP contribution in [0.1, 0.15) is 11.1 Å². The molecular formula is C14H13MnN6O3. The predicted octanol–water partition coefficient (Wildman–Crippen LogP) is 0.768. The molecule has 2 aromatic rings. The molecule has 0 atom stereocenters. The molecule has 0 aliphatic carbocycles. The Kier molecular flexibility index (Phi) is 14.6. The summed E-state index contributed by atoms with van der Waals surface area (Å²) in [5.41, 5.74) is 14.3. The van der Waals surface area contributed by atoms with Gasteiger partial charge in [0.05, 0.1) is 6.21 Å². The van der Waals surface area contributed by atoms with Crippen molar-refractivity contribution in [3.05, 3.63) is 75.9 Å². The fourth-order valence-electron chi connectivity index (χ4n) is 1.28. The third-order valence-corrected chi connectivity index (χ3v) is 2.19. The van der Waals surface area contributed by atoms with Crippen molar-refractivity contribution in [3.63, 3.8) is 0 Å². The molecule has 1 heterocycles. The fraction of sp³-hybridized carbons (Fsp3) is 0.0714. The van der Waals surface area contributed by atoms with E-state index in [2.05, 4.69) is 15.2 Å². The SMILES string of the molecule is CO.[Mn+3].[N-]=[N+]=[N-].[O-]/C(=N\N=C\c1ccccc1[O-])c1ccncc1. The van der Waals surface area contributed by atoms with Crippen molar-refractivity contribution in [1.29, 1.82) is 0 Å². The number of benzene rings is 1. The van der Waals surface area contributed by atoms with Gasteiger partial charge in [-0.15, -0.1) is 0 Å². The predicted molar refractivity (Wildman–Crippen MR) is 82.5 cm³/mol. The summed E-state index contributed by atoms with van der Waals surface area (Å²) in [5, 5.41) is 37.0. The maximum absolute atomic E-state index is 11.5. The van der Waals surface area contributed by atoms with Gasteiger partial charge in [0, 0.05) is 25.4 Å². The van der Waals surface area contributed by atoms with Crippen LogP contribution in [0.4, 0.5) is 0 Å². The average Bonchev–Trinajstić information content (AvgIpc) is 2.60. The molecule has 0 spiro atoms. The number of hydrogen-bond donors (Lipinski definition) is 1. The van der Waals surface area contributed by atoms with Crippen molar-refractivity contribution in [3.8, 4) is 5.75 Å². The molecule has 0 bridgehead atoms. The molecule has 9 nitrogen and oxygen atoms in total. The van der Waals surface area contributed by atoms with Crippen LogP contribution in [0.15, 0.2) is 59.0 Å². The van der Waals surface area contributed by atoms with Crippen LogP contribution >= 0.6 is 0 Å². The Bertz CT molecular complexity index is 673. The van der Waals surface area contributed by atoms with E-state index < -0.39 is 5.90 Å². The summed E-state index contributed by atoms with van der Waals surface area (Å²) >= 11 is 0. The molecule has 2 rings (SSSR count). The number of nitrogens with zero attached hydrogens (tertiary/aromatic N) is 6. The second kappa shape index (κ2) is 15.0. The average molecular weight is 368 g/mol. The minimum Gasteiger partial charge on any atom is -0.872 e. The normalized spacial score (nSPS) is 9.50. The van der Waals surface area contributed by atoms with Crippen molar-refractivity contribution in [2.24, 2.45) is 10.2 Å². The van der Waals surface area contributed by atoms with E-state index >= 15 is 0 Å². The van der Waals surface area contributed by atoms with Crippen LogP contribution in [0.3, 0.4) is 0 Å². The summed E-state index contributed by atoms with van der Waals surface area (Å²) in [5.74, 6) is -0.634. The molecule has 0 aliphatic heterocycles. The first-order chi connectivity index (χ1) is 11.2. The number of hydrogen-bond acceptors (Lipinski definition) is 6. The van der Waals surface area contributed by atoms with Crippen molar-refractivity contribution >= 4 is 12.1 Å². The van der Waals surface area contributed by atoms with E-state index in [0.717, 1.165) is 7.11 Å². The van der Waals surface area contributed by atoms with E-state index in [4.69, 9.17) is 16.2 Å². The fourth-order valence-corrected chi connectivity index (χ4v) is 1.28. The Labute approximate surface area is 148 Å². The summed E-state index contributed by atoms with van der Waals surface area (Å²) in [6, 6.07) is 9.47. The zero-order valence-electron chi connectivity index (χ0n) is 12.5. The number of aromatic nitrogens is 1. The van der Waals surface area contributed by atoms with Gasteiger partial charge in [-0.3, -0.25) is 9.90 Å². The van der Waals surface area contributed by atoms with Crippen molar-refractivity contribution < 1.29 is 32.4 Å². The number of rotatable bonds is 3. The number of aliphatic hydroxyl groups is 1. The summed E-state index contributed by atoms with van der Waals surface area (Å²) in [6.07, 6.45) is 4.26. The van der Waals surface area contributed by atoms with E-state index in [1.54, 1.807) is 30.3 Å². The molecule has 1 aromatic carbocycles. The van der Waals surface area contributed by atoms with Gasteiger partial charge in [-0.1, -0.05) is 30.0 Å². The molecule has 10 heteroatoms. The molecule has 0 saturated heterocycles. The van der Waals surface area contributed by atoms with E-state index in [1.807, 2.05) is 0 Å². The number of pyridine rings is 1. The van der Waals surface area contributed by atoms with Crippen LogP contribution in [-0.4, -0.2) is 29.3 Å². The largest absolute Gasteiger partial charge is 3.00 e. The van der Waals surface area contributed by atoms with E-state index in [-0.39, 0.29) is 22.8 Å². The van der Waals surface area contributed by atoms with E-state index in [1.165, 1.54) is 29.6 Å². The molecule has 0 saturated carbocycles. The maximum atomic E-state index is 11.5. The Morgan fingerprint density at radius 2 is 1.71 bits per heavy atom. The van der Waals surface area contributed by atoms with Gasteiger partial charge in [-0.05, 0) is 23.3 Å². The van der Waals surface area contributed by atoms with E-state index in [0.29, 0.717) is 11.1 Å². The summed E-state index contributed by atoms with van der Waals surface area (Å²) < 4.78 is 0. The van der Waals surface area contributed by atoms with Gasteiger partial charge < -0.3 is 26.4 Å². The summed E-state index contributed by atoms with van der Waals surface area (Å²) in [4.78, 5) is 5.29. The van der Waals surface area contributed by atoms with Gasteiger partial charge in [-0.2, -0.15) is 10.2 Å². The van der Waals surface area contributed by atoms with E-state index in [9.17, 15) is 10.2 Å². The van der Waals surface area contributed by atoms with Crippen LogP contribution in [-0.2, 0) is 17.1 Å². The van der Waals surface area contributed by atoms with Gasteiger partial charge in [0.25, 0.3) is 0 Å². The minimum atomic E-state index is -0.475. The monoisotopic (exact) mass is 368 g/mol. The Hall–Kier alpha value is -2.90. The molecule has 1 N–H and O–H groups in total. The molecule has 0 amide bonds. The van der Waals surface area contributed by atoms with Crippen LogP contribution in [0, 0.1) is 0 Å². The Balaban J connectivity index is 0. The van der Waals surface area contributed by atoms with Crippen molar-refractivity contribution in [2.75, 3.05) is 7.11 Å². The molecule has 1 aromatic heterocycles. The maximum Gasteiger partial charge on any atom is 3.00 e. The van der Waals surface area contributed by atoms with Gasteiger partial charge in [0.2, 0.25) is 0 Å². The molecule has 0 fully saturated rings. The molecule has 0 radical (unpaired) electrons. The minimum absolute atomic E-state index is 0. The number of para-hydroxylation sites is 1. The zero-order valence-corrected chi connectivity index (χ0v) is 13.7. The van der Waals surface area contributed by atoms with Crippen LogP contribution in [0.25, 0.3) is 16.0 Å². The third kappa shape index (κ3) is 9.19. The second-order valence-electron chi connectivity index (χ2n) is 3.51. The smallest absolute Gasteiger partial charge is 0.872 e. The first-order valence-corrected chi connectivity index (χ1v) is 6.06. The quantitative estimate of drug-likeness (QED) is 0.161. The summed E-state index contributed by atoms with van der Waals surface area (Å²) in [7, 11) is 1.00. The standard InChI is InChI=1S/C13H11N3O2.CH4O.Mn.N3/c17-12-4-2-1-3-11(12)9-15-16-13(18)10-5-7-14-8-6-10;1-2;;1-3-2/h1-9,17H,(H,16,18);2H,1H3;;/q;;+3;-1/p-2/b15-9+;;;. The molecule has 0 unspecified atom stereocenters.